The molecule has 0 atom stereocenters. The van der Waals surface area contributed by atoms with Crippen LogP contribution in [0.15, 0.2) is 12.1 Å². The van der Waals surface area contributed by atoms with Crippen molar-refractivity contribution in [2.75, 3.05) is 38.2 Å². The SMILES string of the molecule is COc1c(C)cc(N2CCNCC2)cc1C. The molecular weight excluding hydrogens is 200 g/mol. The number of anilines is 1. The Bertz CT molecular complexity index is 347. The summed E-state index contributed by atoms with van der Waals surface area (Å²) < 4.78 is 5.39. The van der Waals surface area contributed by atoms with E-state index in [9.17, 15) is 0 Å². The van der Waals surface area contributed by atoms with Gasteiger partial charge in [0.25, 0.3) is 0 Å². The average molecular weight is 220 g/mol. The van der Waals surface area contributed by atoms with E-state index in [0.29, 0.717) is 0 Å². The minimum Gasteiger partial charge on any atom is -0.496 e. The second-order valence-corrected chi connectivity index (χ2v) is 4.35. The molecule has 1 heterocycles. The molecule has 1 saturated heterocycles. The second-order valence-electron chi connectivity index (χ2n) is 4.35. The monoisotopic (exact) mass is 220 g/mol. The maximum absolute atomic E-state index is 5.39. The first-order chi connectivity index (χ1) is 7.72. The Balaban J connectivity index is 2.28. The van der Waals surface area contributed by atoms with Crippen LogP contribution in [0.2, 0.25) is 0 Å². The number of aryl methyl sites for hydroxylation is 2. The van der Waals surface area contributed by atoms with Gasteiger partial charge in [-0.2, -0.15) is 0 Å². The fourth-order valence-electron chi connectivity index (χ4n) is 2.35. The fraction of sp³-hybridized carbons (Fsp3) is 0.538. The van der Waals surface area contributed by atoms with Crippen molar-refractivity contribution in [1.29, 1.82) is 0 Å². The van der Waals surface area contributed by atoms with Crippen molar-refractivity contribution in [2.45, 2.75) is 13.8 Å². The first-order valence-corrected chi connectivity index (χ1v) is 5.83. The third-order valence-corrected chi connectivity index (χ3v) is 3.13. The molecule has 1 fully saturated rings. The van der Waals surface area contributed by atoms with Crippen molar-refractivity contribution in [3.63, 3.8) is 0 Å². The summed E-state index contributed by atoms with van der Waals surface area (Å²) in [6.45, 7) is 8.54. The van der Waals surface area contributed by atoms with Crippen LogP contribution in [-0.4, -0.2) is 33.3 Å². The molecule has 1 N–H and O–H groups in total. The predicted octanol–water partition coefficient (Wildman–Crippen LogP) is 1.72. The maximum Gasteiger partial charge on any atom is 0.124 e. The molecule has 2 rings (SSSR count). The Morgan fingerprint density at radius 1 is 1.12 bits per heavy atom. The van der Waals surface area contributed by atoms with Crippen LogP contribution < -0.4 is 15.0 Å². The number of benzene rings is 1. The Labute approximate surface area is 97.4 Å². The lowest BCUT2D eigenvalue weighted by atomic mass is 10.1. The first kappa shape index (κ1) is 11.3. The van der Waals surface area contributed by atoms with Gasteiger partial charge in [-0.25, -0.2) is 0 Å². The van der Waals surface area contributed by atoms with Gasteiger partial charge >= 0.3 is 0 Å². The summed E-state index contributed by atoms with van der Waals surface area (Å²) in [7, 11) is 1.74. The zero-order valence-electron chi connectivity index (χ0n) is 10.3. The van der Waals surface area contributed by atoms with Crippen LogP contribution in [0.3, 0.4) is 0 Å². The van der Waals surface area contributed by atoms with E-state index >= 15 is 0 Å². The Kier molecular flexibility index (Phi) is 3.34. The van der Waals surface area contributed by atoms with E-state index in [1.54, 1.807) is 7.11 Å². The molecule has 0 aliphatic carbocycles. The number of piperazine rings is 1. The molecule has 1 aromatic rings. The first-order valence-electron chi connectivity index (χ1n) is 5.83. The van der Waals surface area contributed by atoms with Crippen LogP contribution >= 0.6 is 0 Å². The molecule has 16 heavy (non-hydrogen) atoms. The molecular formula is C13H20N2O. The Morgan fingerprint density at radius 3 is 2.19 bits per heavy atom. The Hall–Kier alpha value is -1.22. The van der Waals surface area contributed by atoms with Gasteiger partial charge in [-0.05, 0) is 37.1 Å². The normalized spacial score (nSPS) is 16.3. The van der Waals surface area contributed by atoms with Gasteiger partial charge in [0.1, 0.15) is 5.75 Å². The number of rotatable bonds is 2. The van der Waals surface area contributed by atoms with Crippen LogP contribution in [0.4, 0.5) is 5.69 Å². The number of nitrogens with zero attached hydrogens (tertiary/aromatic N) is 1. The van der Waals surface area contributed by atoms with Crippen LogP contribution in [0.25, 0.3) is 0 Å². The summed E-state index contributed by atoms with van der Waals surface area (Å²) in [6, 6.07) is 4.44. The van der Waals surface area contributed by atoms with Gasteiger partial charge in [0.15, 0.2) is 0 Å². The number of ether oxygens (including phenoxy) is 1. The minimum atomic E-state index is 1.01. The van der Waals surface area contributed by atoms with Gasteiger partial charge < -0.3 is 15.0 Å². The third-order valence-electron chi connectivity index (χ3n) is 3.13. The highest BCUT2D eigenvalue weighted by Crippen LogP contribution is 2.28. The molecule has 0 bridgehead atoms. The standard InChI is InChI=1S/C13H20N2O/c1-10-8-12(9-11(2)13(10)16-3)15-6-4-14-5-7-15/h8-9,14H,4-7H2,1-3H3. The molecule has 3 heteroatoms. The van der Waals surface area contributed by atoms with Gasteiger partial charge in [0, 0.05) is 31.9 Å². The fourth-order valence-corrected chi connectivity index (χ4v) is 2.35. The summed E-state index contributed by atoms with van der Waals surface area (Å²) in [4.78, 5) is 2.43. The quantitative estimate of drug-likeness (QED) is 0.821. The summed E-state index contributed by atoms with van der Waals surface area (Å²) >= 11 is 0. The molecule has 1 aliphatic rings. The van der Waals surface area contributed by atoms with Gasteiger partial charge in [0.05, 0.1) is 7.11 Å². The number of hydrogen-bond acceptors (Lipinski definition) is 3. The molecule has 0 radical (unpaired) electrons. The van der Waals surface area contributed by atoms with E-state index in [-0.39, 0.29) is 0 Å². The van der Waals surface area contributed by atoms with Gasteiger partial charge in [-0.1, -0.05) is 0 Å². The van der Waals surface area contributed by atoms with Crippen molar-refractivity contribution in [2.24, 2.45) is 0 Å². The molecule has 0 unspecified atom stereocenters. The topological polar surface area (TPSA) is 24.5 Å². The van der Waals surface area contributed by atoms with E-state index < -0.39 is 0 Å². The molecule has 0 aromatic heterocycles. The van der Waals surface area contributed by atoms with Crippen LogP contribution in [-0.2, 0) is 0 Å². The third kappa shape index (κ3) is 2.14. The van der Waals surface area contributed by atoms with Crippen LogP contribution in [0, 0.1) is 13.8 Å². The number of nitrogens with one attached hydrogen (secondary N) is 1. The summed E-state index contributed by atoms with van der Waals surface area (Å²) in [5, 5.41) is 3.37. The van der Waals surface area contributed by atoms with E-state index in [2.05, 4.69) is 36.2 Å². The second kappa shape index (κ2) is 4.74. The van der Waals surface area contributed by atoms with Crippen molar-refractivity contribution >= 4 is 5.69 Å². The van der Waals surface area contributed by atoms with Crippen molar-refractivity contribution in [3.05, 3.63) is 23.3 Å². The molecule has 0 amide bonds. The molecule has 0 spiro atoms. The van der Waals surface area contributed by atoms with Gasteiger partial charge in [-0.15, -0.1) is 0 Å². The molecule has 1 aliphatic heterocycles. The van der Waals surface area contributed by atoms with E-state index in [4.69, 9.17) is 4.74 Å². The predicted molar refractivity (Wildman–Crippen MR) is 67.6 cm³/mol. The molecule has 0 saturated carbocycles. The molecule has 88 valence electrons. The van der Waals surface area contributed by atoms with Crippen molar-refractivity contribution < 1.29 is 4.74 Å². The number of hydrogen-bond donors (Lipinski definition) is 1. The Morgan fingerprint density at radius 2 is 1.69 bits per heavy atom. The zero-order valence-corrected chi connectivity index (χ0v) is 10.3. The highest BCUT2D eigenvalue weighted by Gasteiger charge is 2.13. The smallest absolute Gasteiger partial charge is 0.124 e. The number of methoxy groups -OCH3 is 1. The van der Waals surface area contributed by atoms with Crippen molar-refractivity contribution in [1.82, 2.24) is 5.32 Å². The van der Waals surface area contributed by atoms with E-state index in [1.807, 2.05) is 0 Å². The zero-order chi connectivity index (χ0) is 11.5. The van der Waals surface area contributed by atoms with E-state index in [0.717, 1.165) is 31.9 Å². The highest BCUT2D eigenvalue weighted by molar-refractivity contribution is 5.57. The maximum atomic E-state index is 5.39. The van der Waals surface area contributed by atoms with Crippen LogP contribution in [0.1, 0.15) is 11.1 Å². The van der Waals surface area contributed by atoms with Crippen LogP contribution in [0.5, 0.6) is 5.75 Å². The average Bonchev–Trinajstić information content (AvgIpc) is 2.30. The molecule has 1 aromatic carbocycles. The highest BCUT2D eigenvalue weighted by atomic mass is 16.5. The summed E-state index contributed by atoms with van der Waals surface area (Å²) in [5.41, 5.74) is 3.75. The summed E-state index contributed by atoms with van der Waals surface area (Å²) in [5.74, 6) is 1.01. The lowest BCUT2D eigenvalue weighted by molar-refractivity contribution is 0.408. The van der Waals surface area contributed by atoms with Crippen molar-refractivity contribution in [3.8, 4) is 5.75 Å². The lowest BCUT2D eigenvalue weighted by Crippen LogP contribution is -2.43. The van der Waals surface area contributed by atoms with Gasteiger partial charge in [0.2, 0.25) is 0 Å². The summed E-state index contributed by atoms with van der Waals surface area (Å²) in [6.07, 6.45) is 0. The minimum absolute atomic E-state index is 1.01. The lowest BCUT2D eigenvalue weighted by Gasteiger charge is -2.30. The molecule has 3 nitrogen and oxygen atoms in total. The largest absolute Gasteiger partial charge is 0.496 e. The van der Waals surface area contributed by atoms with E-state index in [1.165, 1.54) is 16.8 Å². The van der Waals surface area contributed by atoms with Gasteiger partial charge in [-0.3, -0.25) is 0 Å².